The van der Waals surface area contributed by atoms with Gasteiger partial charge in [-0.05, 0) is 42.0 Å². The van der Waals surface area contributed by atoms with Crippen molar-refractivity contribution in [3.8, 4) is 16.9 Å². The number of halogens is 4. The van der Waals surface area contributed by atoms with Gasteiger partial charge in [-0.15, -0.1) is 0 Å². The predicted molar refractivity (Wildman–Crippen MR) is 106 cm³/mol. The van der Waals surface area contributed by atoms with Crippen LogP contribution in [0, 0.1) is 0 Å². The monoisotopic (exact) mass is 449 g/mol. The Morgan fingerprint density at radius 2 is 1.61 bits per heavy atom. The van der Waals surface area contributed by atoms with Gasteiger partial charge in [0, 0.05) is 21.3 Å². The molecule has 0 bridgehead atoms. The minimum Gasteiger partial charge on any atom is -0.484 e. The van der Waals surface area contributed by atoms with Gasteiger partial charge in [0.05, 0.1) is 0 Å². The van der Waals surface area contributed by atoms with Crippen molar-refractivity contribution in [2.75, 3.05) is 11.9 Å². The Morgan fingerprint density at radius 1 is 0.929 bits per heavy atom. The number of alkyl halides is 3. The second kappa shape index (κ2) is 8.48. The Hall–Kier alpha value is -2.80. The molecule has 3 nitrogen and oxygen atoms in total. The number of carbonyl (C=O) groups excluding carboxylic acids is 1. The molecule has 0 heterocycles. The number of rotatable bonds is 5. The second-order valence-corrected chi connectivity index (χ2v) is 6.77. The maximum Gasteiger partial charge on any atom is 0.422 e. The Balaban J connectivity index is 1.97. The minimum absolute atomic E-state index is 0.0563. The molecule has 0 fully saturated rings. The van der Waals surface area contributed by atoms with Gasteiger partial charge < -0.3 is 10.1 Å². The first-order chi connectivity index (χ1) is 13.3. The number of hydrogen-bond acceptors (Lipinski definition) is 2. The summed E-state index contributed by atoms with van der Waals surface area (Å²) in [5.41, 5.74) is 2.18. The summed E-state index contributed by atoms with van der Waals surface area (Å²) >= 11 is 3.44. The molecule has 0 radical (unpaired) electrons. The maximum atomic E-state index is 12.5. The Labute approximate surface area is 168 Å². The molecule has 1 amide bonds. The van der Waals surface area contributed by atoms with Gasteiger partial charge >= 0.3 is 6.18 Å². The fraction of sp³-hybridized carbons (Fsp3) is 0.0952. The van der Waals surface area contributed by atoms with E-state index in [1.54, 1.807) is 48.5 Å². The number of nitrogens with one attached hydrogen (secondary N) is 1. The highest BCUT2D eigenvalue weighted by molar-refractivity contribution is 9.10. The van der Waals surface area contributed by atoms with Crippen LogP contribution in [0.3, 0.4) is 0 Å². The molecule has 0 aliphatic carbocycles. The van der Waals surface area contributed by atoms with E-state index in [0.29, 0.717) is 22.4 Å². The van der Waals surface area contributed by atoms with Crippen molar-refractivity contribution in [2.45, 2.75) is 6.18 Å². The maximum absolute atomic E-state index is 12.5. The van der Waals surface area contributed by atoms with E-state index in [9.17, 15) is 18.0 Å². The molecule has 0 atom stereocenters. The molecule has 0 saturated heterocycles. The lowest BCUT2D eigenvalue weighted by Gasteiger charge is -2.16. The average molecular weight is 450 g/mol. The first kappa shape index (κ1) is 19.9. The number of amides is 1. The highest BCUT2D eigenvalue weighted by Gasteiger charge is 2.28. The van der Waals surface area contributed by atoms with Crippen LogP contribution in [0.15, 0.2) is 77.3 Å². The van der Waals surface area contributed by atoms with Crippen LogP contribution in [0.25, 0.3) is 11.1 Å². The molecule has 1 N–H and O–H groups in total. The third-order valence-corrected chi connectivity index (χ3v) is 4.53. The van der Waals surface area contributed by atoms with Crippen LogP contribution in [0.4, 0.5) is 18.9 Å². The molecule has 0 unspecified atom stereocenters. The van der Waals surface area contributed by atoms with E-state index in [-0.39, 0.29) is 11.7 Å². The third-order valence-electron chi connectivity index (χ3n) is 3.84. The first-order valence-electron chi connectivity index (χ1n) is 8.28. The summed E-state index contributed by atoms with van der Waals surface area (Å²) in [5.74, 6) is -0.265. The summed E-state index contributed by atoms with van der Waals surface area (Å²) in [4.78, 5) is 12.5. The Kier molecular flexibility index (Phi) is 6.04. The van der Waals surface area contributed by atoms with Crippen LogP contribution in [-0.4, -0.2) is 18.7 Å². The van der Waals surface area contributed by atoms with Crippen LogP contribution in [0.5, 0.6) is 5.75 Å². The average Bonchev–Trinajstić information content (AvgIpc) is 2.68. The van der Waals surface area contributed by atoms with E-state index in [4.69, 9.17) is 4.74 Å². The predicted octanol–water partition coefficient (Wildman–Crippen LogP) is 6.31. The van der Waals surface area contributed by atoms with Crippen LogP contribution in [-0.2, 0) is 0 Å². The van der Waals surface area contributed by atoms with E-state index in [1.165, 1.54) is 18.2 Å². The lowest BCUT2D eigenvalue weighted by Crippen LogP contribution is -2.19. The van der Waals surface area contributed by atoms with Gasteiger partial charge in [0.15, 0.2) is 6.61 Å². The van der Waals surface area contributed by atoms with Crippen molar-refractivity contribution >= 4 is 27.5 Å². The van der Waals surface area contributed by atoms with Gasteiger partial charge in [-0.1, -0.05) is 52.3 Å². The zero-order valence-corrected chi connectivity index (χ0v) is 16.0. The van der Waals surface area contributed by atoms with Crippen molar-refractivity contribution in [3.63, 3.8) is 0 Å². The largest absolute Gasteiger partial charge is 0.484 e. The van der Waals surface area contributed by atoms with E-state index in [2.05, 4.69) is 21.2 Å². The summed E-state index contributed by atoms with van der Waals surface area (Å²) in [5, 5.41) is 2.81. The Morgan fingerprint density at radius 3 is 2.29 bits per heavy atom. The van der Waals surface area contributed by atoms with Crippen molar-refractivity contribution in [1.82, 2.24) is 0 Å². The van der Waals surface area contributed by atoms with E-state index in [0.717, 1.165) is 4.47 Å². The van der Waals surface area contributed by atoms with Crippen LogP contribution >= 0.6 is 15.9 Å². The van der Waals surface area contributed by atoms with Gasteiger partial charge in [-0.2, -0.15) is 13.2 Å². The highest BCUT2D eigenvalue weighted by atomic mass is 79.9. The summed E-state index contributed by atoms with van der Waals surface area (Å²) in [6, 6.07) is 20.3. The molecule has 0 aliphatic heterocycles. The molecule has 0 aromatic heterocycles. The van der Waals surface area contributed by atoms with Crippen molar-refractivity contribution in [1.29, 1.82) is 0 Å². The molecular weight excluding hydrogens is 435 g/mol. The topological polar surface area (TPSA) is 38.3 Å². The van der Waals surface area contributed by atoms with E-state index >= 15 is 0 Å². The molecule has 7 heteroatoms. The van der Waals surface area contributed by atoms with Gasteiger partial charge in [0.1, 0.15) is 5.75 Å². The van der Waals surface area contributed by atoms with Crippen molar-refractivity contribution < 1.29 is 22.7 Å². The number of ether oxygens (including phenoxy) is 1. The molecular formula is C21H15BrF3NO2. The van der Waals surface area contributed by atoms with Gasteiger partial charge in [0.2, 0.25) is 0 Å². The normalized spacial score (nSPS) is 11.1. The molecule has 0 aliphatic rings. The first-order valence-corrected chi connectivity index (χ1v) is 9.08. The molecule has 0 spiro atoms. The van der Waals surface area contributed by atoms with Crippen LogP contribution < -0.4 is 10.1 Å². The molecule has 28 heavy (non-hydrogen) atoms. The quantitative estimate of drug-likeness (QED) is 0.495. The van der Waals surface area contributed by atoms with Gasteiger partial charge in [-0.25, -0.2) is 0 Å². The third kappa shape index (κ3) is 5.13. The Bertz CT molecular complexity index is 975. The van der Waals surface area contributed by atoms with Crippen LogP contribution in [0.2, 0.25) is 0 Å². The summed E-state index contributed by atoms with van der Waals surface area (Å²) in [6.07, 6.45) is -4.44. The molecule has 144 valence electrons. The van der Waals surface area contributed by atoms with E-state index in [1.807, 2.05) is 6.07 Å². The summed E-state index contributed by atoms with van der Waals surface area (Å²) in [7, 11) is 0. The number of hydrogen-bond donors (Lipinski definition) is 1. The zero-order valence-electron chi connectivity index (χ0n) is 14.5. The lowest BCUT2D eigenvalue weighted by molar-refractivity contribution is -0.153. The van der Waals surface area contributed by atoms with Gasteiger partial charge in [-0.3, -0.25) is 4.79 Å². The SMILES string of the molecule is O=C(Nc1ccc(OCC(F)(F)F)cc1-c1ccccc1Br)c1ccccc1. The highest BCUT2D eigenvalue weighted by Crippen LogP contribution is 2.36. The second-order valence-electron chi connectivity index (χ2n) is 5.91. The standard InChI is InChI=1S/C21H15BrF3NO2/c22-18-9-5-4-8-16(18)17-12-15(28-13-21(23,24)25)10-11-19(17)26-20(27)14-6-2-1-3-7-14/h1-12H,13H2,(H,26,27). The zero-order chi connectivity index (χ0) is 20.1. The molecule has 3 rings (SSSR count). The van der Waals surface area contributed by atoms with Crippen LogP contribution in [0.1, 0.15) is 10.4 Å². The number of carbonyl (C=O) groups is 1. The lowest BCUT2D eigenvalue weighted by atomic mass is 10.0. The minimum atomic E-state index is -4.44. The van der Waals surface area contributed by atoms with Crippen molar-refractivity contribution in [3.05, 3.63) is 82.8 Å². The van der Waals surface area contributed by atoms with Crippen molar-refractivity contribution in [2.24, 2.45) is 0 Å². The number of anilines is 1. The summed E-state index contributed by atoms with van der Waals surface area (Å²) in [6.45, 7) is -1.39. The fourth-order valence-corrected chi connectivity index (χ4v) is 3.07. The smallest absolute Gasteiger partial charge is 0.422 e. The summed E-state index contributed by atoms with van der Waals surface area (Å²) < 4.78 is 43.0. The molecule has 3 aromatic rings. The molecule has 0 saturated carbocycles. The van der Waals surface area contributed by atoms with E-state index < -0.39 is 12.8 Å². The molecule has 3 aromatic carbocycles. The fourth-order valence-electron chi connectivity index (χ4n) is 2.57. The van der Waals surface area contributed by atoms with Gasteiger partial charge in [0.25, 0.3) is 5.91 Å². The number of benzene rings is 3.